The molecule has 6 nitrogen and oxygen atoms in total. The van der Waals surface area contributed by atoms with E-state index in [0.717, 1.165) is 11.3 Å². The molecule has 2 aromatic carbocycles. The highest BCUT2D eigenvalue weighted by Gasteiger charge is 2.21. The van der Waals surface area contributed by atoms with Gasteiger partial charge in [0.05, 0.1) is 39.1 Å². The van der Waals surface area contributed by atoms with E-state index in [-0.39, 0.29) is 6.61 Å². The maximum atomic E-state index is 9.90. The Morgan fingerprint density at radius 3 is 2.20 bits per heavy atom. The van der Waals surface area contributed by atoms with Crippen molar-refractivity contribution in [2.24, 2.45) is 0 Å². The first-order valence-electron chi connectivity index (χ1n) is 7.68. The molecule has 3 rings (SSSR count). The first-order chi connectivity index (χ1) is 12.2. The average Bonchev–Trinajstić information content (AvgIpc) is 3.11. The fourth-order valence-electron chi connectivity index (χ4n) is 2.63. The molecule has 0 unspecified atom stereocenters. The van der Waals surface area contributed by atoms with E-state index in [1.165, 1.54) is 0 Å². The number of rotatable bonds is 6. The van der Waals surface area contributed by atoms with Gasteiger partial charge in [-0.2, -0.15) is 0 Å². The molecule has 0 aliphatic carbocycles. The summed E-state index contributed by atoms with van der Waals surface area (Å²) in [5.74, 6) is 2.45. The van der Waals surface area contributed by atoms with Crippen LogP contribution in [0.5, 0.6) is 17.2 Å². The first-order valence-corrected chi connectivity index (χ1v) is 7.68. The zero-order valence-corrected chi connectivity index (χ0v) is 14.3. The second-order valence-electron chi connectivity index (χ2n) is 5.29. The standard InChI is InChI=1S/C19H19NO5/c1-22-13-6-4-12(5-7-13)18-16(11-21)19(25-20-18)15-10-14(23-2)8-9-17(15)24-3/h4-10,21H,11H2,1-3H3. The summed E-state index contributed by atoms with van der Waals surface area (Å²) in [7, 11) is 4.77. The normalized spacial score (nSPS) is 10.6. The Labute approximate surface area is 145 Å². The van der Waals surface area contributed by atoms with Crippen LogP contribution in [-0.4, -0.2) is 31.6 Å². The molecule has 0 aliphatic rings. The summed E-state index contributed by atoms with van der Waals surface area (Å²) in [5.41, 5.74) is 2.64. The summed E-state index contributed by atoms with van der Waals surface area (Å²) in [6.45, 7) is -0.222. The average molecular weight is 341 g/mol. The van der Waals surface area contributed by atoms with Crippen LogP contribution < -0.4 is 14.2 Å². The molecule has 3 aromatic rings. The molecule has 130 valence electrons. The maximum absolute atomic E-state index is 9.90. The fraction of sp³-hybridized carbons (Fsp3) is 0.211. The van der Waals surface area contributed by atoms with Gasteiger partial charge in [-0.05, 0) is 42.5 Å². The minimum absolute atomic E-state index is 0.222. The van der Waals surface area contributed by atoms with Gasteiger partial charge in [0.25, 0.3) is 0 Å². The molecule has 1 N–H and O–H groups in total. The topological polar surface area (TPSA) is 74.0 Å². The van der Waals surface area contributed by atoms with Gasteiger partial charge in [-0.25, -0.2) is 0 Å². The zero-order chi connectivity index (χ0) is 17.8. The van der Waals surface area contributed by atoms with Gasteiger partial charge in [0.15, 0.2) is 5.76 Å². The van der Waals surface area contributed by atoms with Crippen LogP contribution >= 0.6 is 0 Å². The molecule has 1 aromatic heterocycles. The third kappa shape index (κ3) is 3.16. The molecular weight excluding hydrogens is 322 g/mol. The van der Waals surface area contributed by atoms with Crippen molar-refractivity contribution in [3.8, 4) is 39.8 Å². The van der Waals surface area contributed by atoms with E-state index in [1.54, 1.807) is 39.5 Å². The van der Waals surface area contributed by atoms with Crippen LogP contribution in [0.2, 0.25) is 0 Å². The van der Waals surface area contributed by atoms with Crippen LogP contribution in [0.15, 0.2) is 47.0 Å². The molecule has 0 saturated carbocycles. The van der Waals surface area contributed by atoms with Gasteiger partial charge >= 0.3 is 0 Å². The predicted octanol–water partition coefficient (Wildman–Crippen LogP) is 3.53. The van der Waals surface area contributed by atoms with Crippen LogP contribution in [0.4, 0.5) is 0 Å². The third-order valence-corrected chi connectivity index (χ3v) is 3.96. The molecule has 1 heterocycles. The van der Waals surface area contributed by atoms with E-state index in [9.17, 15) is 5.11 Å². The third-order valence-electron chi connectivity index (χ3n) is 3.96. The van der Waals surface area contributed by atoms with Crippen LogP contribution in [0.1, 0.15) is 5.56 Å². The van der Waals surface area contributed by atoms with Crippen molar-refractivity contribution < 1.29 is 23.8 Å². The van der Waals surface area contributed by atoms with Crippen LogP contribution in [0, 0.1) is 0 Å². The minimum Gasteiger partial charge on any atom is -0.497 e. The predicted molar refractivity (Wildman–Crippen MR) is 93.0 cm³/mol. The van der Waals surface area contributed by atoms with E-state index in [1.807, 2.05) is 24.3 Å². The van der Waals surface area contributed by atoms with Gasteiger partial charge in [-0.1, -0.05) is 5.16 Å². The van der Waals surface area contributed by atoms with Crippen molar-refractivity contribution in [1.82, 2.24) is 5.16 Å². The van der Waals surface area contributed by atoms with E-state index >= 15 is 0 Å². The lowest BCUT2D eigenvalue weighted by Gasteiger charge is -2.09. The molecular formula is C19H19NO5. The summed E-state index contributed by atoms with van der Waals surface area (Å²) >= 11 is 0. The molecule has 6 heteroatoms. The second kappa shape index (κ2) is 7.27. The lowest BCUT2D eigenvalue weighted by atomic mass is 10.0. The molecule has 0 amide bonds. The number of aliphatic hydroxyl groups is 1. The minimum atomic E-state index is -0.222. The number of hydrogen-bond donors (Lipinski definition) is 1. The monoisotopic (exact) mass is 341 g/mol. The van der Waals surface area contributed by atoms with Gasteiger partial charge in [0, 0.05) is 5.56 Å². The van der Waals surface area contributed by atoms with E-state index < -0.39 is 0 Å². The van der Waals surface area contributed by atoms with Crippen molar-refractivity contribution in [3.63, 3.8) is 0 Å². The van der Waals surface area contributed by atoms with Gasteiger partial charge < -0.3 is 23.8 Å². The molecule has 0 fully saturated rings. The van der Waals surface area contributed by atoms with Crippen molar-refractivity contribution >= 4 is 0 Å². The number of benzene rings is 2. The fourth-order valence-corrected chi connectivity index (χ4v) is 2.63. The lowest BCUT2D eigenvalue weighted by molar-refractivity contribution is 0.281. The molecule has 0 saturated heterocycles. The van der Waals surface area contributed by atoms with E-state index in [4.69, 9.17) is 18.7 Å². The number of ether oxygens (including phenoxy) is 3. The van der Waals surface area contributed by atoms with Gasteiger partial charge in [0.1, 0.15) is 22.9 Å². The quantitative estimate of drug-likeness (QED) is 0.739. The molecule has 0 radical (unpaired) electrons. The Balaban J connectivity index is 2.11. The molecule has 25 heavy (non-hydrogen) atoms. The van der Waals surface area contributed by atoms with Gasteiger partial charge in [-0.3, -0.25) is 0 Å². The Morgan fingerprint density at radius 1 is 0.920 bits per heavy atom. The van der Waals surface area contributed by atoms with Crippen molar-refractivity contribution in [1.29, 1.82) is 0 Å². The SMILES string of the molecule is COc1ccc(-c2noc(-c3cc(OC)ccc3OC)c2CO)cc1. The van der Waals surface area contributed by atoms with Crippen molar-refractivity contribution in [3.05, 3.63) is 48.0 Å². The number of aliphatic hydroxyl groups excluding tert-OH is 1. The Morgan fingerprint density at radius 2 is 1.60 bits per heavy atom. The molecule has 0 atom stereocenters. The van der Waals surface area contributed by atoms with Gasteiger partial charge in [0.2, 0.25) is 0 Å². The Kier molecular flexibility index (Phi) is 4.90. The smallest absolute Gasteiger partial charge is 0.176 e. The lowest BCUT2D eigenvalue weighted by Crippen LogP contribution is -1.93. The first kappa shape index (κ1) is 16.9. The highest BCUT2D eigenvalue weighted by Crippen LogP contribution is 2.39. The van der Waals surface area contributed by atoms with Crippen molar-refractivity contribution in [2.45, 2.75) is 6.61 Å². The highest BCUT2D eigenvalue weighted by molar-refractivity contribution is 5.76. The summed E-state index contributed by atoms with van der Waals surface area (Å²) in [4.78, 5) is 0. The number of nitrogens with zero attached hydrogens (tertiary/aromatic N) is 1. The van der Waals surface area contributed by atoms with Crippen LogP contribution in [0.3, 0.4) is 0 Å². The Bertz CT molecular complexity index is 855. The van der Waals surface area contributed by atoms with Crippen molar-refractivity contribution in [2.75, 3.05) is 21.3 Å². The van der Waals surface area contributed by atoms with Crippen LogP contribution in [0.25, 0.3) is 22.6 Å². The van der Waals surface area contributed by atoms with E-state index in [2.05, 4.69) is 5.16 Å². The number of aromatic nitrogens is 1. The van der Waals surface area contributed by atoms with Gasteiger partial charge in [-0.15, -0.1) is 0 Å². The highest BCUT2D eigenvalue weighted by atomic mass is 16.5. The molecule has 0 spiro atoms. The number of methoxy groups -OCH3 is 3. The number of hydrogen-bond acceptors (Lipinski definition) is 6. The summed E-state index contributed by atoms with van der Waals surface area (Å²) in [5, 5.41) is 14.1. The zero-order valence-electron chi connectivity index (χ0n) is 14.3. The maximum Gasteiger partial charge on any atom is 0.176 e. The largest absolute Gasteiger partial charge is 0.497 e. The molecule has 0 aliphatic heterocycles. The molecule has 0 bridgehead atoms. The van der Waals surface area contributed by atoms with Crippen LogP contribution in [-0.2, 0) is 6.61 Å². The van der Waals surface area contributed by atoms with E-state index in [0.29, 0.717) is 34.1 Å². The second-order valence-corrected chi connectivity index (χ2v) is 5.29. The summed E-state index contributed by atoms with van der Waals surface area (Å²) < 4.78 is 21.4. The Hall–Kier alpha value is -2.99. The summed E-state index contributed by atoms with van der Waals surface area (Å²) in [6, 6.07) is 12.8. The summed E-state index contributed by atoms with van der Waals surface area (Å²) in [6.07, 6.45) is 0.